The molecule has 2 saturated carbocycles. The van der Waals surface area contributed by atoms with Crippen LogP contribution in [0.15, 0.2) is 4.99 Å². The molecular weight excluding hydrogens is 310 g/mol. The van der Waals surface area contributed by atoms with Crippen LogP contribution in [-0.2, 0) is 10.8 Å². The Hall–Kier alpha value is -0.620. The van der Waals surface area contributed by atoms with Gasteiger partial charge < -0.3 is 15.7 Å². The number of nitrogens with one attached hydrogen (secondary N) is 2. The number of aliphatic imine (C=N–C) groups is 1. The normalized spacial score (nSPS) is 29.3. The molecule has 2 fully saturated rings. The Morgan fingerprint density at radius 1 is 1.26 bits per heavy atom. The highest BCUT2D eigenvalue weighted by Crippen LogP contribution is 2.29. The van der Waals surface area contributed by atoms with Gasteiger partial charge in [-0.25, -0.2) is 0 Å². The van der Waals surface area contributed by atoms with Gasteiger partial charge in [0.25, 0.3) is 0 Å². The van der Waals surface area contributed by atoms with E-state index in [2.05, 4.69) is 22.5 Å². The first-order chi connectivity index (χ1) is 11.1. The maximum Gasteiger partial charge on any atom is 0.191 e. The molecule has 0 radical (unpaired) electrons. The summed E-state index contributed by atoms with van der Waals surface area (Å²) in [5.41, 5.74) is -0.610. The first-order valence-corrected chi connectivity index (χ1v) is 10.6. The highest BCUT2D eigenvalue weighted by Gasteiger charge is 2.31. The van der Waals surface area contributed by atoms with Crippen LogP contribution in [-0.4, -0.2) is 51.0 Å². The zero-order valence-corrected chi connectivity index (χ0v) is 15.5. The predicted molar refractivity (Wildman–Crippen MR) is 97.3 cm³/mol. The lowest BCUT2D eigenvalue weighted by Crippen LogP contribution is -2.47. The smallest absolute Gasteiger partial charge is 0.191 e. The number of hydrogen-bond donors (Lipinski definition) is 3. The Kier molecular flexibility index (Phi) is 7.34. The van der Waals surface area contributed by atoms with Gasteiger partial charge in [-0.15, -0.1) is 0 Å². The lowest BCUT2D eigenvalue weighted by molar-refractivity contribution is 0.0574. The molecule has 2 aliphatic carbocycles. The van der Waals surface area contributed by atoms with E-state index in [0.29, 0.717) is 17.8 Å². The van der Waals surface area contributed by atoms with Gasteiger partial charge in [0.05, 0.1) is 12.1 Å². The number of rotatable bonds is 6. The van der Waals surface area contributed by atoms with E-state index in [9.17, 15) is 9.32 Å². The van der Waals surface area contributed by atoms with Crippen molar-refractivity contribution in [3.05, 3.63) is 0 Å². The predicted octanol–water partition coefficient (Wildman–Crippen LogP) is 1.93. The third-order valence-corrected chi connectivity index (χ3v) is 6.77. The fourth-order valence-corrected chi connectivity index (χ4v) is 5.03. The Morgan fingerprint density at radius 3 is 2.65 bits per heavy atom. The summed E-state index contributed by atoms with van der Waals surface area (Å²) < 4.78 is 12.1. The van der Waals surface area contributed by atoms with Crippen molar-refractivity contribution in [1.29, 1.82) is 0 Å². The van der Waals surface area contributed by atoms with Crippen molar-refractivity contribution in [2.24, 2.45) is 4.99 Å². The first kappa shape index (κ1) is 18.7. The van der Waals surface area contributed by atoms with E-state index in [4.69, 9.17) is 0 Å². The molecule has 0 bridgehead atoms. The van der Waals surface area contributed by atoms with Crippen molar-refractivity contribution >= 4 is 16.8 Å². The second kappa shape index (κ2) is 9.02. The fourth-order valence-electron chi connectivity index (χ4n) is 3.68. The van der Waals surface area contributed by atoms with E-state index in [-0.39, 0.29) is 0 Å². The lowest BCUT2D eigenvalue weighted by Gasteiger charge is -2.30. The second-order valence-corrected chi connectivity index (χ2v) is 8.93. The minimum Gasteiger partial charge on any atom is -0.388 e. The van der Waals surface area contributed by atoms with E-state index in [1.165, 1.54) is 0 Å². The third kappa shape index (κ3) is 5.75. The molecule has 0 saturated heterocycles. The van der Waals surface area contributed by atoms with Crippen molar-refractivity contribution in [3.63, 3.8) is 0 Å². The molecule has 5 nitrogen and oxygen atoms in total. The number of guanidine groups is 1. The van der Waals surface area contributed by atoms with E-state index in [1.54, 1.807) is 0 Å². The van der Waals surface area contributed by atoms with Crippen molar-refractivity contribution < 1.29 is 9.32 Å². The van der Waals surface area contributed by atoms with Crippen molar-refractivity contribution in [2.75, 3.05) is 18.8 Å². The average Bonchev–Trinajstić information content (AvgIpc) is 2.99. The summed E-state index contributed by atoms with van der Waals surface area (Å²) in [5.74, 6) is 1.54. The van der Waals surface area contributed by atoms with Gasteiger partial charge in [-0.1, -0.05) is 26.2 Å². The summed E-state index contributed by atoms with van der Waals surface area (Å²) in [7, 11) is -0.705. The minimum absolute atomic E-state index is 0.313. The topological polar surface area (TPSA) is 73.7 Å². The van der Waals surface area contributed by atoms with E-state index in [1.807, 2.05) is 6.92 Å². The van der Waals surface area contributed by atoms with Crippen LogP contribution in [0, 0.1) is 0 Å². The van der Waals surface area contributed by atoms with Gasteiger partial charge >= 0.3 is 0 Å². The molecule has 0 aromatic rings. The summed E-state index contributed by atoms with van der Waals surface area (Å²) in [5, 5.41) is 17.6. The highest BCUT2D eigenvalue weighted by atomic mass is 32.2. The van der Waals surface area contributed by atoms with Crippen LogP contribution in [0.25, 0.3) is 0 Å². The average molecular weight is 344 g/mol. The fraction of sp³-hybridized carbons (Fsp3) is 0.941. The molecule has 2 rings (SSSR count). The van der Waals surface area contributed by atoms with Crippen LogP contribution in [0.4, 0.5) is 0 Å². The van der Waals surface area contributed by atoms with Crippen molar-refractivity contribution in [1.82, 2.24) is 10.6 Å². The molecule has 0 aliphatic heterocycles. The number of aliphatic hydroxyl groups is 1. The molecular formula is C17H33N3O2S. The Balaban J connectivity index is 1.91. The standard InChI is InChI=1S/C17H33N3O2S/c1-3-18-16(19-13-17(21)10-5-6-11-17)20-14-8-7-9-15(12-14)23(22)4-2/h14-15,21H,3-13H2,1-2H3,(H2,18,19,20). The summed E-state index contributed by atoms with van der Waals surface area (Å²) in [6.45, 7) is 5.33. The summed E-state index contributed by atoms with van der Waals surface area (Å²) in [6, 6.07) is 0.334. The zero-order chi connectivity index (χ0) is 16.7. The zero-order valence-electron chi connectivity index (χ0n) is 14.6. The van der Waals surface area contributed by atoms with Crippen LogP contribution < -0.4 is 10.6 Å². The molecule has 6 heteroatoms. The third-order valence-electron chi connectivity index (χ3n) is 5.03. The van der Waals surface area contributed by atoms with Crippen LogP contribution in [0.3, 0.4) is 0 Å². The Labute approximate surface area is 143 Å². The van der Waals surface area contributed by atoms with E-state index >= 15 is 0 Å². The number of nitrogens with zero attached hydrogens (tertiary/aromatic N) is 1. The van der Waals surface area contributed by atoms with Crippen molar-refractivity contribution in [3.8, 4) is 0 Å². The van der Waals surface area contributed by atoms with Gasteiger partial charge in [-0.05, 0) is 39.0 Å². The van der Waals surface area contributed by atoms with Crippen LogP contribution in [0.1, 0.15) is 65.2 Å². The molecule has 0 amide bonds. The maximum atomic E-state index is 12.1. The first-order valence-electron chi connectivity index (χ1n) is 9.20. The molecule has 3 N–H and O–H groups in total. The molecule has 23 heavy (non-hydrogen) atoms. The van der Waals surface area contributed by atoms with Crippen LogP contribution in [0.2, 0.25) is 0 Å². The summed E-state index contributed by atoms with van der Waals surface area (Å²) in [6.07, 6.45) is 8.17. The highest BCUT2D eigenvalue weighted by molar-refractivity contribution is 7.85. The molecule has 3 unspecified atom stereocenters. The van der Waals surface area contributed by atoms with Gasteiger partial charge in [0.15, 0.2) is 5.96 Å². The molecule has 0 spiro atoms. The Morgan fingerprint density at radius 2 is 2.00 bits per heavy atom. The van der Waals surface area contributed by atoms with E-state index in [0.717, 1.165) is 69.6 Å². The molecule has 3 atom stereocenters. The second-order valence-electron chi connectivity index (χ2n) is 6.93. The quantitative estimate of drug-likeness (QED) is 0.509. The minimum atomic E-state index is -0.705. The van der Waals surface area contributed by atoms with Crippen LogP contribution >= 0.6 is 0 Å². The molecule has 0 aromatic heterocycles. The van der Waals surface area contributed by atoms with Gasteiger partial charge in [-0.3, -0.25) is 9.20 Å². The molecule has 2 aliphatic rings. The monoisotopic (exact) mass is 343 g/mol. The summed E-state index contributed by atoms with van der Waals surface area (Å²) >= 11 is 0. The summed E-state index contributed by atoms with van der Waals surface area (Å²) in [4.78, 5) is 4.62. The largest absolute Gasteiger partial charge is 0.388 e. The maximum absolute atomic E-state index is 12.1. The van der Waals surface area contributed by atoms with Crippen molar-refractivity contribution in [2.45, 2.75) is 82.1 Å². The van der Waals surface area contributed by atoms with Gasteiger partial charge in [0.2, 0.25) is 0 Å². The van der Waals surface area contributed by atoms with Gasteiger partial charge in [0, 0.05) is 34.4 Å². The SMILES string of the molecule is CCNC(=NCC1(O)CCCC1)NC1CCCC(S(=O)CC)C1. The lowest BCUT2D eigenvalue weighted by atomic mass is 9.95. The molecule has 0 aromatic carbocycles. The molecule has 0 heterocycles. The van der Waals surface area contributed by atoms with Gasteiger partial charge in [0.1, 0.15) is 0 Å². The Bertz CT molecular complexity index is 422. The number of hydrogen-bond acceptors (Lipinski definition) is 3. The van der Waals surface area contributed by atoms with Gasteiger partial charge in [-0.2, -0.15) is 0 Å². The molecule has 134 valence electrons. The van der Waals surface area contributed by atoms with Crippen LogP contribution in [0.5, 0.6) is 0 Å². The van der Waals surface area contributed by atoms with E-state index < -0.39 is 16.4 Å².